The molecule has 3 rings (SSSR count). The molecular weight excluding hydrogens is 314 g/mol. The van der Waals surface area contributed by atoms with Gasteiger partial charge in [0, 0.05) is 45.8 Å². The molecule has 0 radical (unpaired) electrons. The lowest BCUT2D eigenvalue weighted by Gasteiger charge is -2.33. The molecule has 140 valence electrons. The predicted octanol–water partition coefficient (Wildman–Crippen LogP) is 1.52. The van der Waals surface area contributed by atoms with Crippen LogP contribution >= 0.6 is 0 Å². The van der Waals surface area contributed by atoms with Crippen molar-refractivity contribution in [1.29, 1.82) is 0 Å². The molecule has 1 heterocycles. The molecule has 0 bridgehead atoms. The van der Waals surface area contributed by atoms with Crippen molar-refractivity contribution < 1.29 is 9.84 Å². The molecule has 1 aliphatic carbocycles. The maximum atomic E-state index is 10.2. The summed E-state index contributed by atoms with van der Waals surface area (Å²) in [4.78, 5) is 7.03. The van der Waals surface area contributed by atoms with E-state index in [-0.39, 0.29) is 0 Å². The Balaban J connectivity index is 1.36. The summed E-state index contributed by atoms with van der Waals surface area (Å²) in [5.74, 6) is 1.76. The van der Waals surface area contributed by atoms with Gasteiger partial charge in [-0.15, -0.1) is 0 Å². The summed E-state index contributed by atoms with van der Waals surface area (Å²) in [5, 5.41) is 10.2. The van der Waals surface area contributed by atoms with E-state index in [9.17, 15) is 5.11 Å². The first-order valence-electron chi connectivity index (χ1n) is 9.58. The number of rotatable bonds is 9. The fraction of sp³-hybridized carbons (Fsp3) is 0.700. The van der Waals surface area contributed by atoms with Crippen molar-refractivity contribution in [1.82, 2.24) is 14.7 Å². The average molecular weight is 348 g/mol. The van der Waals surface area contributed by atoms with Gasteiger partial charge in [0.2, 0.25) is 0 Å². The maximum Gasteiger partial charge on any atom is 0.119 e. The van der Waals surface area contributed by atoms with Crippen LogP contribution in [0.15, 0.2) is 24.3 Å². The molecule has 5 heteroatoms. The number of aliphatic hydroxyl groups is 1. The number of aliphatic hydroxyl groups excluding tert-OH is 1. The van der Waals surface area contributed by atoms with Crippen LogP contribution < -0.4 is 4.74 Å². The van der Waals surface area contributed by atoms with Crippen molar-refractivity contribution in [2.45, 2.75) is 25.5 Å². The number of nitrogens with zero attached hydrogens (tertiary/aromatic N) is 3. The topological polar surface area (TPSA) is 39.2 Å². The number of likely N-dealkylation sites (N-methyl/N-ethyl adjacent to an activating group) is 1. The zero-order valence-corrected chi connectivity index (χ0v) is 15.7. The molecule has 1 aromatic carbocycles. The summed E-state index contributed by atoms with van der Waals surface area (Å²) < 4.78 is 5.76. The Bertz CT molecular complexity index is 510. The lowest BCUT2D eigenvalue weighted by atomic mass is 10.2. The maximum absolute atomic E-state index is 10.2. The molecule has 1 atom stereocenters. The molecule has 0 amide bonds. The Hall–Kier alpha value is -1.14. The second-order valence-electron chi connectivity index (χ2n) is 7.85. The molecule has 5 nitrogen and oxygen atoms in total. The van der Waals surface area contributed by atoms with Crippen LogP contribution in [0.4, 0.5) is 0 Å². The number of benzene rings is 1. The van der Waals surface area contributed by atoms with E-state index < -0.39 is 6.10 Å². The van der Waals surface area contributed by atoms with Crippen LogP contribution in [-0.2, 0) is 6.54 Å². The summed E-state index contributed by atoms with van der Waals surface area (Å²) in [5.41, 5.74) is 1.31. The van der Waals surface area contributed by atoms with Gasteiger partial charge in [-0.05, 0) is 50.6 Å². The van der Waals surface area contributed by atoms with Crippen LogP contribution in [0, 0.1) is 5.92 Å². The molecule has 1 saturated carbocycles. The number of ether oxygens (including phenoxy) is 1. The van der Waals surface area contributed by atoms with Gasteiger partial charge in [0.1, 0.15) is 18.5 Å². The summed E-state index contributed by atoms with van der Waals surface area (Å²) in [7, 11) is 4.34. The molecule has 2 fully saturated rings. The van der Waals surface area contributed by atoms with E-state index in [0.717, 1.165) is 44.4 Å². The molecule has 1 N–H and O–H groups in total. The van der Waals surface area contributed by atoms with Crippen molar-refractivity contribution in [3.63, 3.8) is 0 Å². The molecule has 2 aliphatic rings. The first kappa shape index (κ1) is 18.6. The Morgan fingerprint density at radius 3 is 2.48 bits per heavy atom. The van der Waals surface area contributed by atoms with E-state index >= 15 is 0 Å². The van der Waals surface area contributed by atoms with Crippen molar-refractivity contribution in [2.24, 2.45) is 5.92 Å². The second-order valence-corrected chi connectivity index (χ2v) is 7.85. The molecule has 25 heavy (non-hydrogen) atoms. The zero-order valence-electron chi connectivity index (χ0n) is 15.7. The minimum absolute atomic E-state index is 0.354. The molecule has 1 saturated heterocycles. The van der Waals surface area contributed by atoms with E-state index in [1.807, 2.05) is 12.1 Å². The van der Waals surface area contributed by atoms with E-state index in [1.165, 1.54) is 24.9 Å². The second kappa shape index (κ2) is 8.99. The monoisotopic (exact) mass is 347 g/mol. The molecule has 1 aliphatic heterocycles. The fourth-order valence-electron chi connectivity index (χ4n) is 3.38. The highest BCUT2D eigenvalue weighted by Crippen LogP contribution is 2.29. The van der Waals surface area contributed by atoms with Crippen LogP contribution in [0.2, 0.25) is 0 Å². The third-order valence-corrected chi connectivity index (χ3v) is 5.15. The van der Waals surface area contributed by atoms with E-state index in [4.69, 9.17) is 4.74 Å². The third-order valence-electron chi connectivity index (χ3n) is 5.15. The quantitative estimate of drug-likeness (QED) is 0.733. The standard InChI is InChI=1S/C20H33N3O2/c1-21-9-11-23(12-10-21)15-19(24)16-25-20-7-5-18(6-8-20)14-22(2)13-17-3-4-17/h5-8,17,19,24H,3-4,9-16H2,1-2H3/t19-/m1/s1. The number of β-amino-alcohol motifs (C(OH)–C–C–N with tert-alkyl or cyclic N) is 1. The number of hydrogen-bond acceptors (Lipinski definition) is 5. The van der Waals surface area contributed by atoms with Gasteiger partial charge >= 0.3 is 0 Å². The van der Waals surface area contributed by atoms with E-state index in [2.05, 4.69) is 40.9 Å². The minimum Gasteiger partial charge on any atom is -0.491 e. The Kier molecular flexibility index (Phi) is 6.70. The fourth-order valence-corrected chi connectivity index (χ4v) is 3.38. The van der Waals surface area contributed by atoms with Crippen molar-refractivity contribution in [3.05, 3.63) is 29.8 Å². The van der Waals surface area contributed by atoms with Gasteiger partial charge in [-0.25, -0.2) is 0 Å². The Morgan fingerprint density at radius 1 is 1.16 bits per heavy atom. The zero-order chi connectivity index (χ0) is 17.6. The lowest BCUT2D eigenvalue weighted by Crippen LogP contribution is -2.47. The normalized spacial score (nSPS) is 20.8. The van der Waals surface area contributed by atoms with Crippen molar-refractivity contribution in [2.75, 3.05) is 60.0 Å². The molecular formula is C20H33N3O2. The first-order chi connectivity index (χ1) is 12.1. The van der Waals surface area contributed by atoms with Gasteiger partial charge in [0.15, 0.2) is 0 Å². The highest BCUT2D eigenvalue weighted by Gasteiger charge is 2.22. The first-order valence-corrected chi connectivity index (χ1v) is 9.58. The molecule has 0 spiro atoms. The largest absolute Gasteiger partial charge is 0.491 e. The Labute approximate surface area is 152 Å². The van der Waals surface area contributed by atoms with Gasteiger partial charge in [-0.3, -0.25) is 4.90 Å². The predicted molar refractivity (Wildman–Crippen MR) is 101 cm³/mol. The molecule has 0 aromatic heterocycles. The van der Waals surface area contributed by atoms with Gasteiger partial charge in [-0.1, -0.05) is 12.1 Å². The minimum atomic E-state index is -0.437. The van der Waals surface area contributed by atoms with E-state index in [0.29, 0.717) is 13.2 Å². The summed E-state index contributed by atoms with van der Waals surface area (Å²) in [6.07, 6.45) is 2.36. The van der Waals surface area contributed by atoms with Crippen LogP contribution in [0.25, 0.3) is 0 Å². The van der Waals surface area contributed by atoms with Crippen LogP contribution in [-0.4, -0.2) is 85.9 Å². The van der Waals surface area contributed by atoms with Crippen LogP contribution in [0.1, 0.15) is 18.4 Å². The summed E-state index contributed by atoms with van der Waals surface area (Å²) in [6, 6.07) is 8.29. The SMILES string of the molecule is CN1CCN(C[C@@H](O)COc2ccc(CN(C)CC3CC3)cc2)CC1. The lowest BCUT2D eigenvalue weighted by molar-refractivity contribution is 0.0505. The van der Waals surface area contributed by atoms with E-state index in [1.54, 1.807) is 0 Å². The smallest absolute Gasteiger partial charge is 0.119 e. The van der Waals surface area contributed by atoms with Gasteiger partial charge < -0.3 is 19.6 Å². The van der Waals surface area contributed by atoms with Crippen molar-refractivity contribution in [3.8, 4) is 5.75 Å². The highest BCUT2D eigenvalue weighted by atomic mass is 16.5. The number of piperazine rings is 1. The van der Waals surface area contributed by atoms with Gasteiger partial charge in [0.25, 0.3) is 0 Å². The summed E-state index contributed by atoms with van der Waals surface area (Å²) in [6.45, 7) is 7.44. The third kappa shape index (κ3) is 6.59. The van der Waals surface area contributed by atoms with Crippen LogP contribution in [0.3, 0.4) is 0 Å². The van der Waals surface area contributed by atoms with Gasteiger partial charge in [-0.2, -0.15) is 0 Å². The molecule has 1 aromatic rings. The highest BCUT2D eigenvalue weighted by molar-refractivity contribution is 5.27. The van der Waals surface area contributed by atoms with Crippen LogP contribution in [0.5, 0.6) is 5.75 Å². The van der Waals surface area contributed by atoms with Gasteiger partial charge in [0.05, 0.1) is 0 Å². The summed E-state index contributed by atoms with van der Waals surface area (Å²) >= 11 is 0. The molecule has 0 unspecified atom stereocenters. The Morgan fingerprint density at radius 2 is 1.84 bits per heavy atom. The number of hydrogen-bond donors (Lipinski definition) is 1. The van der Waals surface area contributed by atoms with Crippen molar-refractivity contribution >= 4 is 0 Å². The average Bonchev–Trinajstić information content (AvgIpc) is 3.40.